The highest BCUT2D eigenvalue weighted by atomic mass is 16.5. The molecule has 0 radical (unpaired) electrons. The molecule has 1 saturated carbocycles. The molecule has 122 valence electrons. The van der Waals surface area contributed by atoms with Crippen molar-refractivity contribution in [3.63, 3.8) is 0 Å². The lowest BCUT2D eigenvalue weighted by atomic mass is 9.46. The third-order valence-corrected chi connectivity index (χ3v) is 6.78. The van der Waals surface area contributed by atoms with Gasteiger partial charge in [-0.3, -0.25) is 9.80 Å². The smallest absolute Gasteiger partial charge is 0.0690 e. The molecule has 0 bridgehead atoms. The highest BCUT2D eigenvalue weighted by Crippen LogP contribution is 2.57. The van der Waals surface area contributed by atoms with E-state index < -0.39 is 0 Å². The van der Waals surface area contributed by atoms with Gasteiger partial charge in [-0.05, 0) is 33.7 Å². The second kappa shape index (κ2) is 4.92. The molecule has 0 aromatic carbocycles. The quantitative estimate of drug-likeness (QED) is 0.839. The molecule has 2 aliphatic heterocycles. The molecule has 3 unspecified atom stereocenters. The number of nitrogens with zero attached hydrogens (tertiary/aromatic N) is 2. The van der Waals surface area contributed by atoms with Gasteiger partial charge in [0.2, 0.25) is 0 Å². The molecule has 4 nitrogen and oxygen atoms in total. The molecular formula is C17H33N3O. The summed E-state index contributed by atoms with van der Waals surface area (Å²) in [5, 5.41) is 0. The molecule has 0 aromatic rings. The standard InChI is InChI=1S/C17H33N3O/c1-15(2)11-20(9-8-19(15)5)12-17(18)13-7-6-10-21-14(13)16(17,3)4/h13-14H,6-12,18H2,1-5H3. The molecule has 3 fully saturated rings. The van der Waals surface area contributed by atoms with E-state index in [4.69, 9.17) is 10.5 Å². The molecule has 0 aromatic heterocycles. The topological polar surface area (TPSA) is 41.7 Å². The molecule has 2 saturated heterocycles. The van der Waals surface area contributed by atoms with Gasteiger partial charge < -0.3 is 10.5 Å². The Morgan fingerprint density at radius 1 is 1.19 bits per heavy atom. The first-order chi connectivity index (χ1) is 9.68. The molecule has 2 heterocycles. The normalized spacial score (nSPS) is 43.1. The maximum atomic E-state index is 6.95. The maximum Gasteiger partial charge on any atom is 0.0690 e. The molecular weight excluding hydrogens is 262 g/mol. The third-order valence-electron chi connectivity index (χ3n) is 6.78. The van der Waals surface area contributed by atoms with Crippen LogP contribution in [0.25, 0.3) is 0 Å². The van der Waals surface area contributed by atoms with E-state index in [-0.39, 0.29) is 16.5 Å². The Bertz CT molecular complexity index is 409. The fourth-order valence-corrected chi connectivity index (χ4v) is 4.83. The summed E-state index contributed by atoms with van der Waals surface area (Å²) in [7, 11) is 2.23. The Morgan fingerprint density at radius 2 is 1.90 bits per heavy atom. The van der Waals surface area contributed by atoms with Gasteiger partial charge in [0.25, 0.3) is 0 Å². The first-order valence-electron chi connectivity index (χ1n) is 8.52. The van der Waals surface area contributed by atoms with Crippen LogP contribution in [0, 0.1) is 11.3 Å². The Balaban J connectivity index is 1.72. The fourth-order valence-electron chi connectivity index (χ4n) is 4.83. The van der Waals surface area contributed by atoms with Gasteiger partial charge in [-0.25, -0.2) is 0 Å². The van der Waals surface area contributed by atoms with E-state index in [0.717, 1.165) is 32.8 Å². The number of ether oxygens (including phenoxy) is 1. The number of piperazine rings is 1. The predicted molar refractivity (Wildman–Crippen MR) is 86.3 cm³/mol. The number of likely N-dealkylation sites (N-methyl/N-ethyl adjacent to an activating group) is 1. The molecule has 3 rings (SSSR count). The van der Waals surface area contributed by atoms with E-state index in [1.165, 1.54) is 12.8 Å². The van der Waals surface area contributed by atoms with Gasteiger partial charge in [0.1, 0.15) is 0 Å². The molecule has 1 aliphatic carbocycles. The van der Waals surface area contributed by atoms with Gasteiger partial charge in [0.05, 0.1) is 6.10 Å². The first-order valence-corrected chi connectivity index (χ1v) is 8.52. The summed E-state index contributed by atoms with van der Waals surface area (Å²) in [5.41, 5.74) is 7.19. The monoisotopic (exact) mass is 295 g/mol. The van der Waals surface area contributed by atoms with Crippen molar-refractivity contribution in [2.24, 2.45) is 17.1 Å². The van der Waals surface area contributed by atoms with Crippen molar-refractivity contribution in [3.8, 4) is 0 Å². The molecule has 3 aliphatic rings. The first kappa shape index (κ1) is 15.7. The minimum Gasteiger partial charge on any atom is -0.377 e. The number of fused-ring (bicyclic) bond motifs is 1. The van der Waals surface area contributed by atoms with Crippen LogP contribution in [0.4, 0.5) is 0 Å². The van der Waals surface area contributed by atoms with Crippen molar-refractivity contribution in [2.45, 2.75) is 57.7 Å². The van der Waals surface area contributed by atoms with Crippen molar-refractivity contribution >= 4 is 0 Å². The van der Waals surface area contributed by atoms with E-state index in [1.54, 1.807) is 0 Å². The Labute approximate surface area is 130 Å². The molecule has 4 heteroatoms. The van der Waals surface area contributed by atoms with E-state index in [0.29, 0.717) is 12.0 Å². The summed E-state index contributed by atoms with van der Waals surface area (Å²) >= 11 is 0. The van der Waals surface area contributed by atoms with E-state index in [1.807, 2.05) is 0 Å². The Kier molecular flexibility index (Phi) is 3.68. The van der Waals surface area contributed by atoms with Gasteiger partial charge in [-0.15, -0.1) is 0 Å². The summed E-state index contributed by atoms with van der Waals surface area (Å²) in [4.78, 5) is 5.05. The van der Waals surface area contributed by atoms with Crippen molar-refractivity contribution in [1.29, 1.82) is 0 Å². The minimum atomic E-state index is -0.0932. The largest absolute Gasteiger partial charge is 0.377 e. The summed E-state index contributed by atoms with van der Waals surface area (Å²) in [5.74, 6) is 0.545. The highest BCUT2D eigenvalue weighted by Gasteiger charge is 2.66. The molecule has 0 spiro atoms. The van der Waals surface area contributed by atoms with Gasteiger partial charge in [0.15, 0.2) is 0 Å². The lowest BCUT2D eigenvalue weighted by Gasteiger charge is -2.68. The minimum absolute atomic E-state index is 0.0889. The van der Waals surface area contributed by atoms with Gasteiger partial charge in [-0.2, -0.15) is 0 Å². The van der Waals surface area contributed by atoms with Gasteiger partial charge >= 0.3 is 0 Å². The van der Waals surface area contributed by atoms with Crippen LogP contribution in [-0.4, -0.2) is 66.8 Å². The van der Waals surface area contributed by atoms with Crippen LogP contribution in [0.5, 0.6) is 0 Å². The predicted octanol–water partition coefficient (Wildman–Crippen LogP) is 1.54. The zero-order valence-electron chi connectivity index (χ0n) is 14.5. The SMILES string of the molecule is CN1CCN(CC2(N)C3CCCOC3C2(C)C)CC1(C)C. The number of rotatable bonds is 2. The van der Waals surface area contributed by atoms with Crippen molar-refractivity contribution < 1.29 is 4.74 Å². The van der Waals surface area contributed by atoms with E-state index in [2.05, 4.69) is 44.5 Å². The molecule has 0 amide bonds. The molecule has 3 atom stereocenters. The van der Waals surface area contributed by atoms with Crippen molar-refractivity contribution in [1.82, 2.24) is 9.80 Å². The highest BCUT2D eigenvalue weighted by molar-refractivity contribution is 5.21. The van der Waals surface area contributed by atoms with Gasteiger partial charge in [0, 0.05) is 55.2 Å². The van der Waals surface area contributed by atoms with Gasteiger partial charge in [-0.1, -0.05) is 13.8 Å². The van der Waals surface area contributed by atoms with E-state index in [9.17, 15) is 0 Å². The summed E-state index contributed by atoms with van der Waals surface area (Å²) in [6, 6.07) is 0. The Hall–Kier alpha value is -0.160. The van der Waals surface area contributed by atoms with Crippen molar-refractivity contribution in [2.75, 3.05) is 39.8 Å². The van der Waals surface area contributed by atoms with Crippen LogP contribution in [0.3, 0.4) is 0 Å². The second-order valence-corrected chi connectivity index (χ2v) is 8.75. The fraction of sp³-hybridized carbons (Fsp3) is 1.00. The average Bonchev–Trinajstić information content (AvgIpc) is 2.42. The molecule has 21 heavy (non-hydrogen) atoms. The van der Waals surface area contributed by atoms with Crippen LogP contribution < -0.4 is 5.73 Å². The zero-order valence-corrected chi connectivity index (χ0v) is 14.5. The van der Waals surface area contributed by atoms with Crippen LogP contribution >= 0.6 is 0 Å². The number of hydrogen-bond donors (Lipinski definition) is 1. The summed E-state index contributed by atoms with van der Waals surface area (Å²) in [6.45, 7) is 14.6. The zero-order chi connectivity index (χ0) is 15.5. The summed E-state index contributed by atoms with van der Waals surface area (Å²) < 4.78 is 6.03. The average molecular weight is 295 g/mol. The van der Waals surface area contributed by atoms with Crippen molar-refractivity contribution in [3.05, 3.63) is 0 Å². The number of hydrogen-bond acceptors (Lipinski definition) is 4. The Morgan fingerprint density at radius 3 is 2.57 bits per heavy atom. The van der Waals surface area contributed by atoms with E-state index >= 15 is 0 Å². The van der Waals surface area contributed by atoms with Crippen LogP contribution in [0.2, 0.25) is 0 Å². The molecule has 2 N–H and O–H groups in total. The van der Waals surface area contributed by atoms with Crippen LogP contribution in [0.1, 0.15) is 40.5 Å². The van der Waals surface area contributed by atoms with Crippen LogP contribution in [-0.2, 0) is 4.74 Å². The van der Waals surface area contributed by atoms with Crippen LogP contribution in [0.15, 0.2) is 0 Å². The third kappa shape index (κ3) is 2.26. The lowest BCUT2D eigenvalue weighted by molar-refractivity contribution is -0.233. The maximum absolute atomic E-state index is 6.95. The number of nitrogens with two attached hydrogens (primary N) is 1. The lowest BCUT2D eigenvalue weighted by Crippen LogP contribution is -2.81. The summed E-state index contributed by atoms with van der Waals surface area (Å²) in [6.07, 6.45) is 2.78. The second-order valence-electron chi connectivity index (χ2n) is 8.75.